The lowest BCUT2D eigenvalue weighted by molar-refractivity contribution is -0.143. The van der Waals surface area contributed by atoms with Crippen LogP contribution >= 0.6 is 0 Å². The Morgan fingerprint density at radius 3 is 2.79 bits per heavy atom. The van der Waals surface area contributed by atoms with Crippen molar-refractivity contribution in [1.82, 2.24) is 5.32 Å². The van der Waals surface area contributed by atoms with E-state index >= 15 is 0 Å². The van der Waals surface area contributed by atoms with Crippen molar-refractivity contribution in [2.45, 2.75) is 26.5 Å². The Bertz CT molecular complexity index is 445. The van der Waals surface area contributed by atoms with E-state index in [0.29, 0.717) is 19.0 Å². The Labute approximate surface area is 112 Å². The van der Waals surface area contributed by atoms with Gasteiger partial charge >= 0.3 is 5.97 Å². The molecule has 5 nitrogen and oxygen atoms in total. The number of carbonyl (C=O) groups is 1. The summed E-state index contributed by atoms with van der Waals surface area (Å²) in [5, 5.41) is 3.01. The van der Waals surface area contributed by atoms with Crippen molar-refractivity contribution in [3.63, 3.8) is 0 Å². The van der Waals surface area contributed by atoms with Gasteiger partial charge < -0.3 is 19.5 Å². The monoisotopic (exact) mass is 265 g/mol. The molecule has 0 spiro atoms. The number of fused-ring (bicyclic) bond motifs is 1. The maximum atomic E-state index is 11.5. The Morgan fingerprint density at radius 1 is 1.32 bits per heavy atom. The van der Waals surface area contributed by atoms with E-state index in [1.807, 2.05) is 32.0 Å². The molecule has 0 radical (unpaired) electrons. The molecule has 1 heterocycles. The number of benzene rings is 1. The molecule has 0 saturated heterocycles. The van der Waals surface area contributed by atoms with Crippen LogP contribution in [-0.4, -0.2) is 31.8 Å². The van der Waals surface area contributed by atoms with Crippen molar-refractivity contribution < 1.29 is 19.0 Å². The highest BCUT2D eigenvalue weighted by molar-refractivity contribution is 5.71. The predicted molar refractivity (Wildman–Crippen MR) is 70.4 cm³/mol. The second-order valence-corrected chi connectivity index (χ2v) is 4.67. The van der Waals surface area contributed by atoms with Crippen molar-refractivity contribution in [3.05, 3.63) is 23.8 Å². The second kappa shape index (κ2) is 6.43. The lowest BCUT2D eigenvalue weighted by atomic mass is 10.2. The van der Waals surface area contributed by atoms with Gasteiger partial charge in [0.15, 0.2) is 11.5 Å². The van der Waals surface area contributed by atoms with Gasteiger partial charge in [-0.3, -0.25) is 4.79 Å². The van der Waals surface area contributed by atoms with E-state index in [4.69, 9.17) is 14.2 Å². The molecular weight excluding hydrogens is 246 g/mol. The molecule has 2 rings (SSSR count). The second-order valence-electron chi connectivity index (χ2n) is 4.67. The number of carbonyl (C=O) groups excluding carboxylic acids is 1. The molecule has 0 bridgehead atoms. The zero-order valence-electron chi connectivity index (χ0n) is 11.3. The fourth-order valence-corrected chi connectivity index (χ4v) is 1.68. The van der Waals surface area contributed by atoms with Gasteiger partial charge in [-0.2, -0.15) is 0 Å². The molecule has 19 heavy (non-hydrogen) atoms. The summed E-state index contributed by atoms with van der Waals surface area (Å²) in [7, 11) is 0. The lowest BCUT2D eigenvalue weighted by Gasteiger charge is -2.18. The van der Waals surface area contributed by atoms with Crippen molar-refractivity contribution in [2.24, 2.45) is 0 Å². The number of rotatable bonds is 5. The third kappa shape index (κ3) is 4.13. The van der Waals surface area contributed by atoms with Gasteiger partial charge in [0.1, 0.15) is 19.8 Å². The van der Waals surface area contributed by atoms with Gasteiger partial charge in [-0.1, -0.05) is 19.9 Å². The number of esters is 1. The van der Waals surface area contributed by atoms with E-state index in [1.54, 1.807) is 0 Å². The highest BCUT2D eigenvalue weighted by Crippen LogP contribution is 2.30. The number of ether oxygens (including phenoxy) is 3. The van der Waals surface area contributed by atoms with Crippen LogP contribution in [-0.2, 0) is 16.1 Å². The van der Waals surface area contributed by atoms with Crippen molar-refractivity contribution in [1.29, 1.82) is 0 Å². The molecule has 1 aromatic rings. The fourth-order valence-electron chi connectivity index (χ4n) is 1.68. The van der Waals surface area contributed by atoms with Crippen LogP contribution in [0.3, 0.4) is 0 Å². The molecule has 1 aliphatic heterocycles. The van der Waals surface area contributed by atoms with Crippen LogP contribution in [0.25, 0.3) is 0 Å². The standard InChI is InChI=1S/C14H19NO4/c1-10(2)15-8-14(16)19-9-11-3-4-12-13(7-11)18-6-5-17-12/h3-4,7,10,15H,5-6,8-9H2,1-2H3. The summed E-state index contributed by atoms with van der Waals surface area (Å²) in [6.45, 7) is 5.55. The first-order valence-corrected chi connectivity index (χ1v) is 6.42. The minimum absolute atomic E-state index is 0.224. The molecule has 0 atom stereocenters. The van der Waals surface area contributed by atoms with Crippen molar-refractivity contribution in [3.8, 4) is 11.5 Å². The third-order valence-corrected chi connectivity index (χ3v) is 2.66. The summed E-state index contributed by atoms with van der Waals surface area (Å²) in [4.78, 5) is 11.5. The zero-order chi connectivity index (χ0) is 13.7. The van der Waals surface area contributed by atoms with E-state index in [1.165, 1.54) is 0 Å². The summed E-state index contributed by atoms with van der Waals surface area (Å²) >= 11 is 0. The molecule has 0 unspecified atom stereocenters. The van der Waals surface area contributed by atoms with Gasteiger partial charge in [0.25, 0.3) is 0 Å². The van der Waals surface area contributed by atoms with Crippen LogP contribution < -0.4 is 14.8 Å². The molecule has 1 N–H and O–H groups in total. The summed E-state index contributed by atoms with van der Waals surface area (Å²) in [5.74, 6) is 1.19. The molecule has 0 aromatic heterocycles. The van der Waals surface area contributed by atoms with Gasteiger partial charge in [0.05, 0.1) is 6.54 Å². The minimum atomic E-state index is -0.261. The zero-order valence-corrected chi connectivity index (χ0v) is 11.3. The summed E-state index contributed by atoms with van der Waals surface area (Å²) in [6.07, 6.45) is 0. The quantitative estimate of drug-likeness (QED) is 0.818. The number of hydrogen-bond acceptors (Lipinski definition) is 5. The Hall–Kier alpha value is -1.75. The predicted octanol–water partition coefficient (Wildman–Crippen LogP) is 1.50. The highest BCUT2D eigenvalue weighted by atomic mass is 16.6. The van der Waals surface area contributed by atoms with E-state index in [-0.39, 0.29) is 25.2 Å². The summed E-state index contributed by atoms with van der Waals surface area (Å²) < 4.78 is 16.1. The van der Waals surface area contributed by atoms with Gasteiger partial charge in [-0.25, -0.2) is 0 Å². The molecule has 1 aromatic carbocycles. The molecule has 0 aliphatic carbocycles. The van der Waals surface area contributed by atoms with Crippen LogP contribution in [0, 0.1) is 0 Å². The summed E-state index contributed by atoms with van der Waals surface area (Å²) in [6, 6.07) is 5.82. The SMILES string of the molecule is CC(C)NCC(=O)OCc1ccc2c(c1)OCCO2. The van der Waals surface area contributed by atoms with E-state index < -0.39 is 0 Å². The Kier molecular flexibility index (Phi) is 4.63. The molecule has 0 amide bonds. The summed E-state index contributed by atoms with van der Waals surface area (Å²) in [5.41, 5.74) is 0.891. The molecular formula is C14H19NO4. The first kappa shape index (κ1) is 13.7. The van der Waals surface area contributed by atoms with Crippen LogP contribution in [0.2, 0.25) is 0 Å². The van der Waals surface area contributed by atoms with Crippen molar-refractivity contribution in [2.75, 3.05) is 19.8 Å². The Balaban J connectivity index is 1.84. The van der Waals surface area contributed by atoms with E-state index in [2.05, 4.69) is 5.32 Å². The van der Waals surface area contributed by atoms with Crippen LogP contribution in [0.1, 0.15) is 19.4 Å². The van der Waals surface area contributed by atoms with Gasteiger partial charge in [0.2, 0.25) is 0 Å². The third-order valence-electron chi connectivity index (χ3n) is 2.66. The average Bonchev–Trinajstić information content (AvgIpc) is 2.42. The number of nitrogens with one attached hydrogen (secondary N) is 1. The topological polar surface area (TPSA) is 56.8 Å². The smallest absolute Gasteiger partial charge is 0.320 e. The van der Waals surface area contributed by atoms with Gasteiger partial charge in [-0.15, -0.1) is 0 Å². The van der Waals surface area contributed by atoms with E-state index in [9.17, 15) is 4.79 Å². The van der Waals surface area contributed by atoms with Crippen LogP contribution in [0.5, 0.6) is 11.5 Å². The fraction of sp³-hybridized carbons (Fsp3) is 0.500. The maximum Gasteiger partial charge on any atom is 0.320 e. The maximum absolute atomic E-state index is 11.5. The molecule has 0 fully saturated rings. The first-order chi connectivity index (χ1) is 9.15. The molecule has 104 valence electrons. The highest BCUT2D eigenvalue weighted by Gasteiger charge is 2.12. The normalized spacial score (nSPS) is 13.4. The first-order valence-electron chi connectivity index (χ1n) is 6.42. The molecule has 0 saturated carbocycles. The van der Waals surface area contributed by atoms with Gasteiger partial charge in [0, 0.05) is 6.04 Å². The van der Waals surface area contributed by atoms with Crippen molar-refractivity contribution >= 4 is 5.97 Å². The van der Waals surface area contributed by atoms with Gasteiger partial charge in [-0.05, 0) is 17.7 Å². The lowest BCUT2D eigenvalue weighted by Crippen LogP contribution is -2.30. The largest absolute Gasteiger partial charge is 0.486 e. The molecule has 5 heteroatoms. The van der Waals surface area contributed by atoms with E-state index in [0.717, 1.165) is 11.3 Å². The average molecular weight is 265 g/mol. The minimum Gasteiger partial charge on any atom is -0.486 e. The molecule has 1 aliphatic rings. The van der Waals surface area contributed by atoms with Crippen LogP contribution in [0.4, 0.5) is 0 Å². The van der Waals surface area contributed by atoms with Crippen LogP contribution in [0.15, 0.2) is 18.2 Å². The number of hydrogen-bond donors (Lipinski definition) is 1. The Morgan fingerprint density at radius 2 is 2.05 bits per heavy atom.